The fourth-order valence-corrected chi connectivity index (χ4v) is 3.53. The maximum atomic E-state index is 11.9. The maximum Gasteiger partial charge on any atom is 0.321 e. The number of rotatable bonds is 4. The van der Waals surface area contributed by atoms with Crippen molar-refractivity contribution < 1.29 is 4.79 Å². The summed E-state index contributed by atoms with van der Waals surface area (Å²) >= 11 is 1.48. The van der Waals surface area contributed by atoms with Crippen LogP contribution in [0.4, 0.5) is 9.93 Å². The average molecular weight is 317 g/mol. The minimum absolute atomic E-state index is 0.268. The third-order valence-corrected chi connectivity index (χ3v) is 4.79. The minimum atomic E-state index is -0.268. The zero-order chi connectivity index (χ0) is 15.2. The van der Waals surface area contributed by atoms with Gasteiger partial charge in [0.05, 0.1) is 0 Å². The van der Waals surface area contributed by atoms with Crippen LogP contribution >= 0.6 is 11.3 Å². The average Bonchev–Trinajstić information content (AvgIpc) is 3.03. The van der Waals surface area contributed by atoms with Gasteiger partial charge in [-0.1, -0.05) is 36.7 Å². The molecule has 6 nitrogen and oxygen atoms in total. The fourth-order valence-electron chi connectivity index (χ4n) is 2.63. The number of pyridine rings is 1. The first kappa shape index (κ1) is 14.9. The van der Waals surface area contributed by atoms with Crippen molar-refractivity contribution in [3.8, 4) is 0 Å². The second-order valence-electron chi connectivity index (χ2n) is 5.45. The summed E-state index contributed by atoms with van der Waals surface area (Å²) in [6, 6.07) is 3.49. The van der Waals surface area contributed by atoms with E-state index in [0.29, 0.717) is 17.6 Å². The molecule has 0 aliphatic heterocycles. The van der Waals surface area contributed by atoms with Crippen LogP contribution in [0.25, 0.3) is 0 Å². The minimum Gasteiger partial charge on any atom is -0.334 e. The Hall–Kier alpha value is -2.02. The molecule has 3 rings (SSSR count). The van der Waals surface area contributed by atoms with Crippen LogP contribution in [0.5, 0.6) is 0 Å². The van der Waals surface area contributed by atoms with Gasteiger partial charge in [0.2, 0.25) is 5.13 Å². The van der Waals surface area contributed by atoms with Crippen LogP contribution in [-0.2, 0) is 6.54 Å². The van der Waals surface area contributed by atoms with E-state index in [1.807, 2.05) is 12.1 Å². The summed E-state index contributed by atoms with van der Waals surface area (Å²) in [7, 11) is 0. The highest BCUT2D eigenvalue weighted by Gasteiger charge is 2.20. The van der Waals surface area contributed by atoms with E-state index in [-0.39, 0.29) is 6.03 Å². The zero-order valence-corrected chi connectivity index (χ0v) is 13.1. The van der Waals surface area contributed by atoms with Crippen molar-refractivity contribution in [3.05, 3.63) is 35.1 Å². The van der Waals surface area contributed by atoms with Gasteiger partial charge in [0.15, 0.2) is 0 Å². The van der Waals surface area contributed by atoms with Crippen LogP contribution in [0, 0.1) is 0 Å². The van der Waals surface area contributed by atoms with Crippen molar-refractivity contribution in [1.29, 1.82) is 0 Å². The number of aromatic nitrogens is 3. The van der Waals surface area contributed by atoms with Crippen LogP contribution in [0.2, 0.25) is 0 Å². The van der Waals surface area contributed by atoms with E-state index in [1.54, 1.807) is 12.4 Å². The number of anilines is 1. The van der Waals surface area contributed by atoms with Crippen molar-refractivity contribution in [2.45, 2.75) is 44.6 Å². The molecule has 1 aliphatic rings. The lowest BCUT2D eigenvalue weighted by Crippen LogP contribution is -2.28. The summed E-state index contributed by atoms with van der Waals surface area (Å²) in [4.78, 5) is 15.9. The smallest absolute Gasteiger partial charge is 0.321 e. The quantitative estimate of drug-likeness (QED) is 0.906. The molecule has 0 spiro atoms. The third kappa shape index (κ3) is 4.00. The molecule has 7 heteroatoms. The molecule has 2 heterocycles. The van der Waals surface area contributed by atoms with Gasteiger partial charge in [0.1, 0.15) is 5.01 Å². The van der Waals surface area contributed by atoms with Gasteiger partial charge in [-0.25, -0.2) is 4.79 Å². The van der Waals surface area contributed by atoms with Crippen molar-refractivity contribution in [1.82, 2.24) is 20.5 Å². The van der Waals surface area contributed by atoms with E-state index in [4.69, 9.17) is 0 Å². The monoisotopic (exact) mass is 317 g/mol. The summed E-state index contributed by atoms with van der Waals surface area (Å²) in [5.74, 6) is 0.514. The van der Waals surface area contributed by atoms with Crippen molar-refractivity contribution >= 4 is 22.5 Å². The van der Waals surface area contributed by atoms with Gasteiger partial charge in [-0.3, -0.25) is 10.3 Å². The lowest BCUT2D eigenvalue weighted by Gasteiger charge is -2.18. The molecule has 0 bridgehead atoms. The van der Waals surface area contributed by atoms with E-state index >= 15 is 0 Å². The Morgan fingerprint density at radius 2 is 2.14 bits per heavy atom. The number of amides is 2. The molecule has 2 N–H and O–H groups in total. The fraction of sp³-hybridized carbons (Fsp3) is 0.467. The van der Waals surface area contributed by atoms with E-state index in [1.165, 1.54) is 43.4 Å². The van der Waals surface area contributed by atoms with Crippen molar-refractivity contribution in [3.63, 3.8) is 0 Å². The Bertz CT molecular complexity index is 609. The van der Waals surface area contributed by atoms with Crippen LogP contribution in [-0.4, -0.2) is 21.2 Å². The van der Waals surface area contributed by atoms with E-state index in [0.717, 1.165) is 10.6 Å². The number of nitrogens with zero attached hydrogens (tertiary/aromatic N) is 3. The number of hydrogen-bond acceptors (Lipinski definition) is 5. The summed E-state index contributed by atoms with van der Waals surface area (Å²) in [6.45, 7) is 0.438. The summed E-state index contributed by atoms with van der Waals surface area (Å²) in [5.41, 5.74) is 0.956. The van der Waals surface area contributed by atoms with Gasteiger partial charge < -0.3 is 5.32 Å². The third-order valence-electron chi connectivity index (χ3n) is 3.79. The summed E-state index contributed by atoms with van der Waals surface area (Å²) in [5, 5.41) is 15.4. The first-order valence-electron chi connectivity index (χ1n) is 7.58. The number of carbonyl (C=O) groups excluding carboxylic acids is 1. The molecule has 2 aromatic rings. The molecule has 1 fully saturated rings. The molecular weight excluding hydrogens is 298 g/mol. The van der Waals surface area contributed by atoms with Gasteiger partial charge in [0, 0.05) is 24.9 Å². The highest BCUT2D eigenvalue weighted by Crippen LogP contribution is 2.35. The first-order valence-corrected chi connectivity index (χ1v) is 8.40. The number of urea groups is 1. The summed E-state index contributed by atoms with van der Waals surface area (Å²) in [6.07, 6.45) is 9.64. The van der Waals surface area contributed by atoms with E-state index < -0.39 is 0 Å². The van der Waals surface area contributed by atoms with Crippen LogP contribution in [0.15, 0.2) is 24.5 Å². The lowest BCUT2D eigenvalue weighted by atomic mass is 9.90. The normalized spacial score (nSPS) is 15.5. The molecule has 0 atom stereocenters. The standard InChI is InChI=1S/C15H19N5OS/c21-14(17-10-11-5-4-8-16-9-11)18-15-20-19-13(22-15)12-6-2-1-3-7-12/h4-5,8-9,12H,1-3,6-7,10H2,(H2,17,18,20,21). The molecule has 116 valence electrons. The highest BCUT2D eigenvalue weighted by molar-refractivity contribution is 7.15. The molecule has 2 amide bonds. The number of hydrogen-bond donors (Lipinski definition) is 2. The van der Waals surface area contributed by atoms with Crippen molar-refractivity contribution in [2.75, 3.05) is 5.32 Å². The molecule has 22 heavy (non-hydrogen) atoms. The Labute approximate surface area is 133 Å². The van der Waals surface area contributed by atoms with E-state index in [9.17, 15) is 4.79 Å². The largest absolute Gasteiger partial charge is 0.334 e. The summed E-state index contributed by atoms with van der Waals surface area (Å²) < 4.78 is 0. The molecule has 0 saturated heterocycles. The Morgan fingerprint density at radius 3 is 2.91 bits per heavy atom. The second-order valence-corrected chi connectivity index (χ2v) is 6.46. The molecule has 0 unspecified atom stereocenters. The SMILES string of the molecule is O=C(NCc1cccnc1)Nc1nnc(C2CCCCC2)s1. The molecular formula is C15H19N5OS. The molecule has 2 aromatic heterocycles. The van der Waals surface area contributed by atoms with Crippen LogP contribution in [0.1, 0.15) is 48.6 Å². The molecule has 0 aromatic carbocycles. The van der Waals surface area contributed by atoms with Crippen LogP contribution < -0.4 is 10.6 Å². The first-order chi connectivity index (χ1) is 10.8. The predicted octanol–water partition coefficient (Wildman–Crippen LogP) is 3.30. The number of nitrogens with one attached hydrogen (secondary N) is 2. The lowest BCUT2D eigenvalue weighted by molar-refractivity contribution is 0.251. The van der Waals surface area contributed by atoms with Gasteiger partial charge >= 0.3 is 6.03 Å². The van der Waals surface area contributed by atoms with E-state index in [2.05, 4.69) is 25.8 Å². The van der Waals surface area contributed by atoms with Crippen molar-refractivity contribution in [2.24, 2.45) is 0 Å². The second kappa shape index (κ2) is 7.31. The van der Waals surface area contributed by atoms with Gasteiger partial charge in [0.25, 0.3) is 0 Å². The van der Waals surface area contributed by atoms with Gasteiger partial charge in [-0.2, -0.15) is 0 Å². The van der Waals surface area contributed by atoms with Gasteiger partial charge in [-0.05, 0) is 24.5 Å². The Balaban J connectivity index is 1.50. The Kier molecular flexibility index (Phi) is 4.95. The van der Waals surface area contributed by atoms with Gasteiger partial charge in [-0.15, -0.1) is 10.2 Å². The topological polar surface area (TPSA) is 79.8 Å². The number of carbonyl (C=O) groups is 1. The maximum absolute atomic E-state index is 11.9. The Morgan fingerprint density at radius 1 is 1.27 bits per heavy atom. The predicted molar refractivity (Wildman–Crippen MR) is 85.8 cm³/mol. The van der Waals surface area contributed by atoms with Crippen LogP contribution in [0.3, 0.4) is 0 Å². The molecule has 1 aliphatic carbocycles. The molecule has 0 radical (unpaired) electrons. The highest BCUT2D eigenvalue weighted by atomic mass is 32.1. The zero-order valence-electron chi connectivity index (χ0n) is 12.3. The molecule has 1 saturated carbocycles.